The quantitative estimate of drug-likeness (QED) is 0.418. The Morgan fingerprint density at radius 3 is 2.12 bits per heavy atom. The molecular weight excluding hydrogens is 444 g/mol. The summed E-state index contributed by atoms with van der Waals surface area (Å²) in [5.41, 5.74) is 0.794. The summed E-state index contributed by atoms with van der Waals surface area (Å²) < 4.78 is 40.4. The number of nitrogens with zero attached hydrogens (tertiary/aromatic N) is 2. The molecule has 132 valence electrons. The van der Waals surface area contributed by atoms with E-state index in [0.29, 0.717) is 17.1 Å². The monoisotopic (exact) mass is 460 g/mol. The van der Waals surface area contributed by atoms with Crippen molar-refractivity contribution in [3.8, 4) is 6.07 Å². The molecule has 25 heavy (non-hydrogen) atoms. The van der Waals surface area contributed by atoms with Gasteiger partial charge in [0.15, 0.2) is 5.96 Å². The van der Waals surface area contributed by atoms with Gasteiger partial charge in [-0.3, -0.25) is 4.99 Å². The minimum Gasteiger partial charge on any atom is -0.352 e. The van der Waals surface area contributed by atoms with Crippen molar-refractivity contribution in [3.05, 3.63) is 70.5 Å². The van der Waals surface area contributed by atoms with Gasteiger partial charge in [-0.25, -0.2) is 13.2 Å². The number of nitrogens with one attached hydrogen (secondary N) is 2. The van der Waals surface area contributed by atoms with Gasteiger partial charge in [-0.1, -0.05) is 0 Å². The minimum absolute atomic E-state index is 0. The van der Waals surface area contributed by atoms with E-state index in [1.54, 1.807) is 0 Å². The lowest BCUT2D eigenvalue weighted by molar-refractivity contribution is 0.580. The number of hydrogen-bond donors (Lipinski definition) is 2. The molecule has 8 heteroatoms. The highest BCUT2D eigenvalue weighted by Gasteiger charge is 2.07. The lowest BCUT2D eigenvalue weighted by Gasteiger charge is -2.13. The molecule has 0 saturated heterocycles. The van der Waals surface area contributed by atoms with E-state index in [4.69, 9.17) is 5.26 Å². The zero-order valence-corrected chi connectivity index (χ0v) is 15.6. The predicted molar refractivity (Wildman–Crippen MR) is 99.9 cm³/mol. The largest absolute Gasteiger partial charge is 0.352 e. The maximum absolute atomic E-state index is 13.7. The summed E-state index contributed by atoms with van der Waals surface area (Å²) in [4.78, 5) is 3.93. The normalized spacial score (nSPS) is 10.6. The number of aliphatic imine (C=N–C) groups is 1. The fourth-order valence-corrected chi connectivity index (χ4v) is 2.04. The molecule has 0 amide bonds. The van der Waals surface area contributed by atoms with Crippen molar-refractivity contribution in [2.24, 2.45) is 4.99 Å². The van der Waals surface area contributed by atoms with Crippen molar-refractivity contribution in [1.29, 1.82) is 5.26 Å². The number of halogens is 4. The van der Waals surface area contributed by atoms with Gasteiger partial charge in [0.25, 0.3) is 0 Å². The van der Waals surface area contributed by atoms with E-state index in [1.165, 1.54) is 25.2 Å². The van der Waals surface area contributed by atoms with Crippen LogP contribution in [0.5, 0.6) is 0 Å². The van der Waals surface area contributed by atoms with Gasteiger partial charge in [0, 0.05) is 31.3 Å². The smallest absolute Gasteiger partial charge is 0.191 e. The molecule has 0 spiro atoms. The minimum atomic E-state index is -0.536. The molecule has 4 nitrogen and oxygen atoms in total. The van der Waals surface area contributed by atoms with Crippen molar-refractivity contribution in [2.75, 3.05) is 7.05 Å². The van der Waals surface area contributed by atoms with Crippen molar-refractivity contribution in [2.45, 2.75) is 13.1 Å². The van der Waals surface area contributed by atoms with E-state index >= 15 is 0 Å². The van der Waals surface area contributed by atoms with Gasteiger partial charge in [0.2, 0.25) is 0 Å². The first-order chi connectivity index (χ1) is 11.5. The maximum Gasteiger partial charge on any atom is 0.191 e. The highest BCUT2D eigenvalue weighted by Crippen LogP contribution is 2.10. The Bertz CT molecular complexity index is 803. The summed E-state index contributed by atoms with van der Waals surface area (Å²) in [5.74, 6) is -1.23. The molecule has 2 aromatic rings. The average Bonchev–Trinajstić information content (AvgIpc) is 2.59. The third-order valence-electron chi connectivity index (χ3n) is 3.30. The fourth-order valence-electron chi connectivity index (χ4n) is 2.04. The fraction of sp³-hybridized carbons (Fsp3) is 0.176. The van der Waals surface area contributed by atoms with Crippen LogP contribution in [0.3, 0.4) is 0 Å². The lowest BCUT2D eigenvalue weighted by atomic mass is 10.1. The Morgan fingerprint density at radius 2 is 1.56 bits per heavy atom. The van der Waals surface area contributed by atoms with Gasteiger partial charge in [0.1, 0.15) is 17.5 Å². The van der Waals surface area contributed by atoms with Crippen LogP contribution >= 0.6 is 24.0 Å². The molecule has 0 heterocycles. The average molecular weight is 460 g/mol. The summed E-state index contributed by atoms with van der Waals surface area (Å²) in [6.07, 6.45) is 0. The molecule has 0 radical (unpaired) electrons. The number of nitriles is 1. The first-order valence-corrected chi connectivity index (χ1v) is 7.10. The van der Waals surface area contributed by atoms with Crippen LogP contribution in [0.1, 0.15) is 16.7 Å². The zero-order valence-electron chi connectivity index (χ0n) is 13.3. The second-order valence-electron chi connectivity index (χ2n) is 4.93. The number of rotatable bonds is 4. The SMILES string of the molecule is CN=C(NCc1cc(F)ccc1F)NCc1cc(C#N)ccc1F.I. The van der Waals surface area contributed by atoms with E-state index in [1.807, 2.05) is 6.07 Å². The summed E-state index contributed by atoms with van der Waals surface area (Å²) in [6.45, 7) is 0.108. The van der Waals surface area contributed by atoms with E-state index in [2.05, 4.69) is 15.6 Å². The molecule has 0 fully saturated rings. The third kappa shape index (κ3) is 5.94. The van der Waals surface area contributed by atoms with Gasteiger partial charge in [-0.2, -0.15) is 5.26 Å². The molecule has 0 bridgehead atoms. The van der Waals surface area contributed by atoms with Crippen molar-refractivity contribution in [3.63, 3.8) is 0 Å². The summed E-state index contributed by atoms with van der Waals surface area (Å²) >= 11 is 0. The molecule has 0 atom stereocenters. The van der Waals surface area contributed by atoms with E-state index in [9.17, 15) is 13.2 Å². The van der Waals surface area contributed by atoms with Gasteiger partial charge in [-0.05, 0) is 36.4 Å². The Kier molecular flexibility index (Phi) is 8.21. The van der Waals surface area contributed by atoms with Gasteiger partial charge >= 0.3 is 0 Å². The molecule has 2 rings (SSSR count). The van der Waals surface area contributed by atoms with Crippen LogP contribution in [0.25, 0.3) is 0 Å². The molecule has 0 aromatic heterocycles. The van der Waals surface area contributed by atoms with E-state index in [0.717, 1.165) is 18.2 Å². The summed E-state index contributed by atoms with van der Waals surface area (Å²) in [5, 5.41) is 14.5. The first kappa shape index (κ1) is 20.8. The van der Waals surface area contributed by atoms with Crippen LogP contribution in [-0.4, -0.2) is 13.0 Å². The number of benzene rings is 2. The second-order valence-corrected chi connectivity index (χ2v) is 4.93. The Morgan fingerprint density at radius 1 is 1.00 bits per heavy atom. The van der Waals surface area contributed by atoms with Gasteiger partial charge in [-0.15, -0.1) is 24.0 Å². The van der Waals surface area contributed by atoms with Crippen molar-refractivity contribution < 1.29 is 13.2 Å². The van der Waals surface area contributed by atoms with Crippen LogP contribution in [0.4, 0.5) is 13.2 Å². The Hall–Kier alpha value is -2.28. The summed E-state index contributed by atoms with van der Waals surface area (Å²) in [7, 11) is 1.50. The molecular formula is C17H16F3IN4. The number of hydrogen-bond acceptors (Lipinski definition) is 2. The zero-order chi connectivity index (χ0) is 17.5. The lowest BCUT2D eigenvalue weighted by Crippen LogP contribution is -2.36. The van der Waals surface area contributed by atoms with Crippen LogP contribution in [0.2, 0.25) is 0 Å². The topological polar surface area (TPSA) is 60.2 Å². The van der Waals surface area contributed by atoms with Crippen LogP contribution < -0.4 is 10.6 Å². The van der Waals surface area contributed by atoms with Crippen LogP contribution in [-0.2, 0) is 13.1 Å². The molecule has 0 saturated carbocycles. The Labute approximate surface area is 160 Å². The van der Waals surface area contributed by atoms with E-state index < -0.39 is 17.5 Å². The molecule has 0 aliphatic carbocycles. The number of guanidine groups is 1. The van der Waals surface area contributed by atoms with Gasteiger partial charge in [0.05, 0.1) is 11.6 Å². The maximum atomic E-state index is 13.7. The van der Waals surface area contributed by atoms with Crippen molar-refractivity contribution in [1.82, 2.24) is 10.6 Å². The summed E-state index contributed by atoms with van der Waals surface area (Å²) in [6, 6.07) is 9.15. The highest BCUT2D eigenvalue weighted by molar-refractivity contribution is 14.0. The highest BCUT2D eigenvalue weighted by atomic mass is 127. The van der Waals surface area contributed by atoms with Gasteiger partial charge < -0.3 is 10.6 Å². The van der Waals surface area contributed by atoms with Crippen LogP contribution in [0.15, 0.2) is 41.4 Å². The first-order valence-electron chi connectivity index (χ1n) is 7.10. The molecule has 2 N–H and O–H groups in total. The molecule has 0 unspecified atom stereocenters. The standard InChI is InChI=1S/C17H15F3N4.HI/c1-22-17(24-10-13-7-14(18)3-5-16(13)20)23-9-12-6-11(8-21)2-4-15(12)19;/h2-7H,9-10H2,1H3,(H2,22,23,24);1H. The predicted octanol–water partition coefficient (Wildman–Crippen LogP) is 3.46. The van der Waals surface area contributed by atoms with Crippen LogP contribution in [0, 0.1) is 28.8 Å². The molecule has 2 aromatic carbocycles. The molecule has 0 aliphatic heterocycles. The third-order valence-corrected chi connectivity index (χ3v) is 3.30. The second kappa shape index (κ2) is 9.88. The Balaban J connectivity index is 0.00000312. The molecule has 0 aliphatic rings. The van der Waals surface area contributed by atoms with E-state index in [-0.39, 0.29) is 42.6 Å². The van der Waals surface area contributed by atoms with Crippen molar-refractivity contribution >= 4 is 29.9 Å².